The Hall–Kier alpha value is -1.36. The molecule has 4 N–H and O–H groups in total. The van der Waals surface area contributed by atoms with E-state index in [1.807, 2.05) is 6.92 Å². The van der Waals surface area contributed by atoms with Gasteiger partial charge in [0.1, 0.15) is 5.82 Å². The summed E-state index contributed by atoms with van der Waals surface area (Å²) in [6.07, 6.45) is 6.74. The van der Waals surface area contributed by atoms with Gasteiger partial charge >= 0.3 is 0 Å². The van der Waals surface area contributed by atoms with Crippen LogP contribution >= 0.6 is 0 Å². The molecule has 1 rings (SSSR count). The van der Waals surface area contributed by atoms with Crippen molar-refractivity contribution in [1.29, 1.82) is 0 Å². The van der Waals surface area contributed by atoms with Crippen LogP contribution in [-0.2, 0) is 0 Å². The van der Waals surface area contributed by atoms with Crippen LogP contribution in [0, 0.1) is 6.92 Å². The van der Waals surface area contributed by atoms with Crippen LogP contribution in [0.1, 0.15) is 38.2 Å². The Kier molecular flexibility index (Phi) is 5.56. The van der Waals surface area contributed by atoms with E-state index in [2.05, 4.69) is 27.6 Å². The van der Waals surface area contributed by atoms with Crippen molar-refractivity contribution in [3.8, 4) is 0 Å². The molecule has 0 unspecified atom stereocenters. The van der Waals surface area contributed by atoms with Crippen molar-refractivity contribution in [2.75, 3.05) is 17.3 Å². The highest BCUT2D eigenvalue weighted by Gasteiger charge is 2.01. The SMILES string of the molecule is CCCCCCNc1nc(NN)ncc1C. The first kappa shape index (κ1) is 12.7. The molecular formula is C11H21N5. The Morgan fingerprint density at radius 3 is 2.81 bits per heavy atom. The molecule has 1 aromatic heterocycles. The van der Waals surface area contributed by atoms with Gasteiger partial charge in [-0.2, -0.15) is 4.98 Å². The Bertz CT molecular complexity index is 313. The third-order valence-electron chi connectivity index (χ3n) is 2.42. The molecule has 0 aliphatic rings. The lowest BCUT2D eigenvalue weighted by Crippen LogP contribution is -2.13. The Labute approximate surface area is 96.8 Å². The van der Waals surface area contributed by atoms with E-state index in [1.54, 1.807) is 6.20 Å². The standard InChI is InChI=1S/C11H21N5/c1-3-4-5-6-7-13-10-9(2)8-14-11(15-10)16-12/h8H,3-7,12H2,1-2H3,(H2,13,14,15,16). The minimum atomic E-state index is 0.446. The number of aryl methyl sites for hydroxylation is 1. The molecule has 0 bridgehead atoms. The van der Waals surface area contributed by atoms with Gasteiger partial charge in [0.05, 0.1) is 0 Å². The minimum Gasteiger partial charge on any atom is -0.370 e. The number of hydrogen-bond acceptors (Lipinski definition) is 5. The number of nitrogens with two attached hydrogens (primary N) is 1. The van der Waals surface area contributed by atoms with Gasteiger partial charge in [-0.3, -0.25) is 5.43 Å². The van der Waals surface area contributed by atoms with E-state index >= 15 is 0 Å². The average molecular weight is 223 g/mol. The molecule has 0 radical (unpaired) electrons. The van der Waals surface area contributed by atoms with Crippen molar-refractivity contribution in [1.82, 2.24) is 9.97 Å². The lowest BCUT2D eigenvalue weighted by Gasteiger charge is -2.09. The second kappa shape index (κ2) is 7.00. The number of nitrogens with one attached hydrogen (secondary N) is 2. The van der Waals surface area contributed by atoms with E-state index in [9.17, 15) is 0 Å². The van der Waals surface area contributed by atoms with Gasteiger partial charge in [-0.1, -0.05) is 26.2 Å². The fraction of sp³-hybridized carbons (Fsp3) is 0.636. The normalized spacial score (nSPS) is 10.2. The minimum absolute atomic E-state index is 0.446. The summed E-state index contributed by atoms with van der Waals surface area (Å²) in [6.45, 7) is 5.14. The van der Waals surface area contributed by atoms with Crippen molar-refractivity contribution in [2.24, 2.45) is 5.84 Å². The number of anilines is 2. The summed E-state index contributed by atoms with van der Waals surface area (Å²) in [5.74, 6) is 6.57. The molecule has 0 fully saturated rings. The molecule has 90 valence electrons. The van der Waals surface area contributed by atoms with Gasteiger partial charge in [0, 0.05) is 18.3 Å². The first-order valence-corrected chi connectivity index (χ1v) is 5.82. The van der Waals surface area contributed by atoms with Crippen LogP contribution in [0.25, 0.3) is 0 Å². The largest absolute Gasteiger partial charge is 0.370 e. The fourth-order valence-corrected chi connectivity index (χ4v) is 1.45. The number of nitrogen functional groups attached to an aromatic ring is 1. The fourth-order valence-electron chi connectivity index (χ4n) is 1.45. The maximum Gasteiger partial charge on any atom is 0.239 e. The molecule has 0 atom stereocenters. The lowest BCUT2D eigenvalue weighted by molar-refractivity contribution is 0.684. The third-order valence-corrected chi connectivity index (χ3v) is 2.42. The Morgan fingerprint density at radius 2 is 2.12 bits per heavy atom. The van der Waals surface area contributed by atoms with Crippen molar-refractivity contribution in [3.05, 3.63) is 11.8 Å². The van der Waals surface area contributed by atoms with E-state index in [0.717, 1.165) is 17.9 Å². The van der Waals surface area contributed by atoms with E-state index in [-0.39, 0.29) is 0 Å². The van der Waals surface area contributed by atoms with Gasteiger partial charge in [-0.05, 0) is 13.3 Å². The molecule has 0 saturated heterocycles. The van der Waals surface area contributed by atoms with Crippen LogP contribution in [0.5, 0.6) is 0 Å². The topological polar surface area (TPSA) is 75.9 Å². The highest BCUT2D eigenvalue weighted by Crippen LogP contribution is 2.12. The van der Waals surface area contributed by atoms with Crippen LogP contribution < -0.4 is 16.6 Å². The average Bonchev–Trinajstić information content (AvgIpc) is 2.31. The Morgan fingerprint density at radius 1 is 1.31 bits per heavy atom. The second-order valence-corrected chi connectivity index (χ2v) is 3.86. The summed E-state index contributed by atoms with van der Waals surface area (Å²) in [6, 6.07) is 0. The molecule has 0 saturated carbocycles. The zero-order valence-corrected chi connectivity index (χ0v) is 10.1. The van der Waals surface area contributed by atoms with Crippen molar-refractivity contribution < 1.29 is 0 Å². The van der Waals surface area contributed by atoms with Gasteiger partial charge in [0.15, 0.2) is 0 Å². The molecule has 16 heavy (non-hydrogen) atoms. The van der Waals surface area contributed by atoms with E-state index < -0.39 is 0 Å². The summed E-state index contributed by atoms with van der Waals surface area (Å²) in [5.41, 5.74) is 3.48. The molecule has 0 amide bonds. The van der Waals surface area contributed by atoms with E-state index in [4.69, 9.17) is 5.84 Å². The molecule has 5 nitrogen and oxygen atoms in total. The predicted molar refractivity (Wildman–Crippen MR) is 67.2 cm³/mol. The summed E-state index contributed by atoms with van der Waals surface area (Å²) in [4.78, 5) is 8.28. The van der Waals surface area contributed by atoms with Crippen molar-refractivity contribution in [2.45, 2.75) is 39.5 Å². The Balaban J connectivity index is 2.40. The number of aromatic nitrogens is 2. The molecule has 0 aromatic carbocycles. The van der Waals surface area contributed by atoms with Crippen LogP contribution in [0.3, 0.4) is 0 Å². The summed E-state index contributed by atoms with van der Waals surface area (Å²) in [5, 5.41) is 3.30. The number of unbranched alkanes of at least 4 members (excludes halogenated alkanes) is 3. The van der Waals surface area contributed by atoms with Gasteiger partial charge < -0.3 is 5.32 Å². The smallest absolute Gasteiger partial charge is 0.239 e. The predicted octanol–water partition coefficient (Wildman–Crippen LogP) is 2.06. The van der Waals surface area contributed by atoms with Crippen LogP contribution in [0.2, 0.25) is 0 Å². The maximum atomic E-state index is 5.26. The number of rotatable bonds is 7. The first-order chi connectivity index (χ1) is 7.77. The summed E-state index contributed by atoms with van der Waals surface area (Å²) < 4.78 is 0. The number of hydrogen-bond donors (Lipinski definition) is 3. The molecule has 1 aromatic rings. The zero-order chi connectivity index (χ0) is 11.8. The van der Waals surface area contributed by atoms with Gasteiger partial charge in [0.2, 0.25) is 5.95 Å². The molecule has 0 aliphatic carbocycles. The van der Waals surface area contributed by atoms with Gasteiger partial charge in [-0.25, -0.2) is 10.8 Å². The van der Waals surface area contributed by atoms with Crippen molar-refractivity contribution >= 4 is 11.8 Å². The number of hydrazine groups is 1. The van der Waals surface area contributed by atoms with Crippen molar-refractivity contribution in [3.63, 3.8) is 0 Å². The molecule has 0 spiro atoms. The highest BCUT2D eigenvalue weighted by molar-refractivity contribution is 5.45. The summed E-state index contributed by atoms with van der Waals surface area (Å²) in [7, 11) is 0. The van der Waals surface area contributed by atoms with Crippen LogP contribution in [-0.4, -0.2) is 16.5 Å². The third kappa shape index (κ3) is 4.02. The first-order valence-electron chi connectivity index (χ1n) is 5.82. The molecule has 5 heteroatoms. The molecular weight excluding hydrogens is 202 g/mol. The molecule has 1 heterocycles. The monoisotopic (exact) mass is 223 g/mol. The zero-order valence-electron chi connectivity index (χ0n) is 10.1. The second-order valence-electron chi connectivity index (χ2n) is 3.86. The van der Waals surface area contributed by atoms with Gasteiger partial charge in [-0.15, -0.1) is 0 Å². The van der Waals surface area contributed by atoms with E-state index in [0.29, 0.717) is 5.95 Å². The lowest BCUT2D eigenvalue weighted by atomic mass is 10.2. The van der Waals surface area contributed by atoms with Crippen LogP contribution in [0.4, 0.5) is 11.8 Å². The van der Waals surface area contributed by atoms with Crippen LogP contribution in [0.15, 0.2) is 6.20 Å². The quantitative estimate of drug-likeness (QED) is 0.375. The van der Waals surface area contributed by atoms with E-state index in [1.165, 1.54) is 25.7 Å². The molecule has 0 aliphatic heterocycles. The maximum absolute atomic E-state index is 5.26. The number of nitrogens with zero attached hydrogens (tertiary/aromatic N) is 2. The highest BCUT2D eigenvalue weighted by atomic mass is 15.3. The summed E-state index contributed by atoms with van der Waals surface area (Å²) >= 11 is 0. The van der Waals surface area contributed by atoms with Gasteiger partial charge in [0.25, 0.3) is 0 Å².